The van der Waals surface area contributed by atoms with Gasteiger partial charge in [0.25, 0.3) is 0 Å². The van der Waals surface area contributed by atoms with Crippen LogP contribution in [0.1, 0.15) is 24.8 Å². The van der Waals surface area contributed by atoms with Crippen LogP contribution >= 0.6 is 0 Å². The summed E-state index contributed by atoms with van der Waals surface area (Å²) in [5, 5.41) is 9.02. The molecule has 5 nitrogen and oxygen atoms in total. The quantitative estimate of drug-likeness (QED) is 0.901. The van der Waals surface area contributed by atoms with Crippen molar-refractivity contribution in [3.8, 4) is 11.8 Å². The molecule has 1 fully saturated rings. The first-order chi connectivity index (χ1) is 10.6. The zero-order chi connectivity index (χ0) is 15.9. The highest BCUT2D eigenvalue weighted by Gasteiger charge is 2.28. The van der Waals surface area contributed by atoms with E-state index in [-0.39, 0.29) is 24.4 Å². The zero-order valence-corrected chi connectivity index (χ0v) is 12.7. The van der Waals surface area contributed by atoms with Crippen molar-refractivity contribution in [1.82, 2.24) is 4.90 Å². The number of hydrogen-bond donors (Lipinski definition) is 1. The molecule has 1 amide bonds. The molecule has 0 aromatic heterocycles. The van der Waals surface area contributed by atoms with Crippen LogP contribution in [-0.2, 0) is 4.79 Å². The van der Waals surface area contributed by atoms with Crippen molar-refractivity contribution in [3.63, 3.8) is 0 Å². The van der Waals surface area contributed by atoms with Gasteiger partial charge in [-0.3, -0.25) is 4.79 Å². The Bertz CT molecular complexity index is 592. The number of carbonyl (C=O) groups is 1. The number of benzene rings is 1. The normalized spacial score (nSPS) is 19.1. The topological polar surface area (TPSA) is 79.3 Å². The molecule has 1 aliphatic rings. The second-order valence-corrected chi connectivity index (χ2v) is 5.38. The standard InChI is InChI=1S/C17H21N3O2/c1-22-16-6-2-4-13(10-16)7-8-14(19)11-17(21)20-9-3-5-15(20)12-18/h2,4,6-8,10,14-15H,3,5,9,11,19H2,1H3/b8-7+. The van der Waals surface area contributed by atoms with Gasteiger partial charge in [0.05, 0.1) is 13.2 Å². The number of methoxy groups -OCH3 is 1. The molecule has 0 bridgehead atoms. The summed E-state index contributed by atoms with van der Waals surface area (Å²) in [7, 11) is 1.62. The van der Waals surface area contributed by atoms with Crippen molar-refractivity contribution >= 4 is 12.0 Å². The molecule has 2 rings (SSSR count). The minimum Gasteiger partial charge on any atom is -0.497 e. The lowest BCUT2D eigenvalue weighted by Gasteiger charge is -2.20. The number of nitrogens with zero attached hydrogens (tertiary/aromatic N) is 2. The lowest BCUT2D eigenvalue weighted by molar-refractivity contribution is -0.131. The molecule has 0 saturated carbocycles. The smallest absolute Gasteiger partial charge is 0.225 e. The summed E-state index contributed by atoms with van der Waals surface area (Å²) in [4.78, 5) is 13.8. The van der Waals surface area contributed by atoms with E-state index >= 15 is 0 Å². The molecule has 1 heterocycles. The van der Waals surface area contributed by atoms with Crippen LogP contribution in [0.2, 0.25) is 0 Å². The summed E-state index contributed by atoms with van der Waals surface area (Å²) in [5.74, 6) is 0.729. The molecular formula is C17H21N3O2. The Balaban J connectivity index is 1.92. The summed E-state index contributed by atoms with van der Waals surface area (Å²) in [5.41, 5.74) is 6.97. The largest absolute Gasteiger partial charge is 0.497 e. The summed E-state index contributed by atoms with van der Waals surface area (Å²) in [6, 6.07) is 9.13. The van der Waals surface area contributed by atoms with Gasteiger partial charge in [0.15, 0.2) is 0 Å². The Labute approximate surface area is 131 Å². The minimum absolute atomic E-state index is 0.0492. The summed E-state index contributed by atoms with van der Waals surface area (Å²) >= 11 is 0. The second kappa shape index (κ2) is 7.62. The van der Waals surface area contributed by atoms with E-state index in [1.807, 2.05) is 36.4 Å². The molecule has 0 aliphatic carbocycles. The van der Waals surface area contributed by atoms with Gasteiger partial charge >= 0.3 is 0 Å². The molecule has 1 aromatic carbocycles. The zero-order valence-electron chi connectivity index (χ0n) is 12.7. The molecule has 1 aliphatic heterocycles. The molecule has 2 N–H and O–H groups in total. The van der Waals surface area contributed by atoms with Gasteiger partial charge in [0.1, 0.15) is 11.8 Å². The lowest BCUT2D eigenvalue weighted by atomic mass is 10.1. The van der Waals surface area contributed by atoms with Gasteiger partial charge in [-0.25, -0.2) is 0 Å². The minimum atomic E-state index is -0.362. The van der Waals surface area contributed by atoms with Gasteiger partial charge in [0, 0.05) is 19.0 Å². The summed E-state index contributed by atoms with van der Waals surface area (Å²) in [6.45, 7) is 0.656. The van der Waals surface area contributed by atoms with E-state index in [0.29, 0.717) is 6.54 Å². The summed E-state index contributed by atoms with van der Waals surface area (Å²) < 4.78 is 5.16. The molecule has 1 aromatic rings. The third-order valence-electron chi connectivity index (χ3n) is 3.76. The fourth-order valence-corrected chi connectivity index (χ4v) is 2.57. The van der Waals surface area contributed by atoms with E-state index < -0.39 is 0 Å². The number of nitriles is 1. The molecule has 0 radical (unpaired) electrons. The van der Waals surface area contributed by atoms with Crippen molar-refractivity contribution in [2.75, 3.05) is 13.7 Å². The highest BCUT2D eigenvalue weighted by Crippen LogP contribution is 2.18. The molecule has 2 unspecified atom stereocenters. The van der Waals surface area contributed by atoms with Crippen LogP contribution in [0.15, 0.2) is 30.3 Å². The van der Waals surface area contributed by atoms with Crippen LogP contribution in [0.25, 0.3) is 6.08 Å². The van der Waals surface area contributed by atoms with Crippen LogP contribution < -0.4 is 10.5 Å². The van der Waals surface area contributed by atoms with Crippen molar-refractivity contribution in [3.05, 3.63) is 35.9 Å². The van der Waals surface area contributed by atoms with Gasteiger partial charge in [-0.15, -0.1) is 0 Å². The van der Waals surface area contributed by atoms with E-state index in [2.05, 4.69) is 6.07 Å². The Morgan fingerprint density at radius 3 is 3.18 bits per heavy atom. The molecular weight excluding hydrogens is 278 g/mol. The highest BCUT2D eigenvalue weighted by atomic mass is 16.5. The maximum atomic E-state index is 12.2. The molecule has 5 heteroatoms. The molecule has 22 heavy (non-hydrogen) atoms. The van der Waals surface area contributed by atoms with Crippen molar-refractivity contribution in [2.24, 2.45) is 5.73 Å². The van der Waals surface area contributed by atoms with Gasteiger partial charge in [-0.05, 0) is 30.5 Å². The third kappa shape index (κ3) is 4.09. The van der Waals surface area contributed by atoms with Crippen LogP contribution in [-0.4, -0.2) is 36.5 Å². The highest BCUT2D eigenvalue weighted by molar-refractivity contribution is 5.78. The van der Waals surface area contributed by atoms with Gasteiger partial charge < -0.3 is 15.4 Å². The number of carbonyl (C=O) groups excluding carboxylic acids is 1. The first-order valence-electron chi connectivity index (χ1n) is 7.41. The average molecular weight is 299 g/mol. The van der Waals surface area contributed by atoms with E-state index in [1.165, 1.54) is 0 Å². The van der Waals surface area contributed by atoms with Gasteiger partial charge in [-0.1, -0.05) is 24.3 Å². The van der Waals surface area contributed by atoms with Gasteiger partial charge in [0.2, 0.25) is 5.91 Å². The molecule has 0 spiro atoms. The Morgan fingerprint density at radius 1 is 1.64 bits per heavy atom. The predicted molar refractivity (Wildman–Crippen MR) is 85.0 cm³/mol. The Hall–Kier alpha value is -2.32. The number of nitrogens with two attached hydrogens (primary N) is 1. The number of hydrogen-bond acceptors (Lipinski definition) is 4. The van der Waals surface area contributed by atoms with E-state index in [4.69, 9.17) is 15.7 Å². The monoisotopic (exact) mass is 299 g/mol. The van der Waals surface area contributed by atoms with Crippen molar-refractivity contribution in [1.29, 1.82) is 5.26 Å². The Kier molecular flexibility index (Phi) is 5.56. The number of likely N-dealkylation sites (tertiary alicyclic amines) is 1. The van der Waals surface area contributed by atoms with Gasteiger partial charge in [-0.2, -0.15) is 5.26 Å². The SMILES string of the molecule is COc1cccc(/C=C/C(N)CC(=O)N2CCCC2C#N)c1. The van der Waals surface area contributed by atoms with Crippen molar-refractivity contribution in [2.45, 2.75) is 31.3 Å². The van der Waals surface area contributed by atoms with E-state index in [0.717, 1.165) is 24.2 Å². The van der Waals surface area contributed by atoms with Crippen LogP contribution in [0, 0.1) is 11.3 Å². The molecule has 2 atom stereocenters. The fourth-order valence-electron chi connectivity index (χ4n) is 2.57. The van der Waals surface area contributed by atoms with Crippen LogP contribution in [0.4, 0.5) is 0 Å². The number of amides is 1. The maximum absolute atomic E-state index is 12.2. The van der Waals surface area contributed by atoms with Crippen molar-refractivity contribution < 1.29 is 9.53 Å². The maximum Gasteiger partial charge on any atom is 0.225 e. The third-order valence-corrected chi connectivity index (χ3v) is 3.76. The summed E-state index contributed by atoms with van der Waals surface area (Å²) in [6.07, 6.45) is 5.56. The number of ether oxygens (including phenoxy) is 1. The first-order valence-corrected chi connectivity index (χ1v) is 7.41. The fraction of sp³-hybridized carbons (Fsp3) is 0.412. The van der Waals surface area contributed by atoms with E-state index in [1.54, 1.807) is 12.0 Å². The second-order valence-electron chi connectivity index (χ2n) is 5.38. The number of rotatable bonds is 5. The van der Waals surface area contributed by atoms with Crippen LogP contribution in [0.3, 0.4) is 0 Å². The van der Waals surface area contributed by atoms with E-state index in [9.17, 15) is 4.79 Å². The first kappa shape index (κ1) is 16.1. The Morgan fingerprint density at radius 2 is 2.45 bits per heavy atom. The van der Waals surface area contributed by atoms with Crippen LogP contribution in [0.5, 0.6) is 5.75 Å². The average Bonchev–Trinajstić information content (AvgIpc) is 3.02. The predicted octanol–water partition coefficient (Wildman–Crippen LogP) is 1.94. The molecule has 1 saturated heterocycles. The lowest BCUT2D eigenvalue weighted by Crippen LogP contribution is -2.37. The molecule has 116 valence electrons.